The number of hydrogen-bond acceptors (Lipinski definition) is 7. The van der Waals surface area contributed by atoms with Crippen molar-refractivity contribution in [2.75, 3.05) is 20.3 Å². The molecule has 1 saturated heterocycles. The molecule has 3 aromatic rings. The average Bonchev–Trinajstić information content (AvgIpc) is 3.47. The van der Waals surface area contributed by atoms with Gasteiger partial charge < -0.3 is 24.2 Å². The Morgan fingerprint density at radius 3 is 2.26 bits per heavy atom. The molecule has 7 nitrogen and oxygen atoms in total. The van der Waals surface area contributed by atoms with Crippen molar-refractivity contribution in [1.29, 1.82) is 0 Å². The third-order valence-corrected chi connectivity index (χ3v) is 6.44. The lowest BCUT2D eigenvalue weighted by molar-refractivity contribution is -0.140. The van der Waals surface area contributed by atoms with Crippen LogP contribution in [0.5, 0.6) is 17.2 Å². The largest absolute Gasteiger partial charge is 0.507 e. The zero-order valence-electron chi connectivity index (χ0n) is 19.8. The van der Waals surface area contributed by atoms with E-state index in [0.717, 1.165) is 4.88 Å². The van der Waals surface area contributed by atoms with Gasteiger partial charge in [-0.15, -0.1) is 11.3 Å². The minimum absolute atomic E-state index is 0.0127. The van der Waals surface area contributed by atoms with E-state index in [9.17, 15) is 14.7 Å². The van der Waals surface area contributed by atoms with Gasteiger partial charge in [-0.3, -0.25) is 9.59 Å². The second-order valence-corrected chi connectivity index (χ2v) is 9.20. The van der Waals surface area contributed by atoms with Crippen molar-refractivity contribution in [3.8, 4) is 17.2 Å². The topological polar surface area (TPSA) is 85.3 Å². The lowest BCUT2D eigenvalue weighted by Gasteiger charge is -2.24. The van der Waals surface area contributed by atoms with E-state index in [1.165, 1.54) is 16.2 Å². The van der Waals surface area contributed by atoms with Gasteiger partial charge in [0.25, 0.3) is 11.7 Å². The quantitative estimate of drug-likeness (QED) is 0.255. The van der Waals surface area contributed by atoms with Crippen LogP contribution in [0.4, 0.5) is 0 Å². The molecule has 8 heteroatoms. The Labute approximate surface area is 208 Å². The molecule has 0 radical (unpaired) electrons. The number of carbonyl (C=O) groups is 2. The minimum Gasteiger partial charge on any atom is -0.507 e. The Morgan fingerprint density at radius 2 is 1.66 bits per heavy atom. The predicted octanol–water partition coefficient (Wildman–Crippen LogP) is 5.04. The lowest BCUT2D eigenvalue weighted by atomic mass is 10.00. The van der Waals surface area contributed by atoms with E-state index in [-0.39, 0.29) is 30.6 Å². The van der Waals surface area contributed by atoms with Gasteiger partial charge in [-0.05, 0) is 73.8 Å². The Hall–Kier alpha value is -3.78. The van der Waals surface area contributed by atoms with E-state index in [2.05, 4.69) is 0 Å². The third kappa shape index (κ3) is 5.33. The highest BCUT2D eigenvalue weighted by molar-refractivity contribution is 7.10. The molecule has 0 spiro atoms. The summed E-state index contributed by atoms with van der Waals surface area (Å²) in [6.45, 7) is 4.21. The van der Waals surface area contributed by atoms with Gasteiger partial charge in [0.05, 0.1) is 31.4 Å². The Bertz CT molecular complexity index is 1200. The molecular formula is C27H27NO6S. The van der Waals surface area contributed by atoms with Crippen LogP contribution >= 0.6 is 11.3 Å². The first-order chi connectivity index (χ1) is 16.9. The van der Waals surface area contributed by atoms with E-state index < -0.39 is 17.7 Å². The maximum absolute atomic E-state index is 13.1. The number of nitrogens with zero attached hydrogens (tertiary/aromatic N) is 1. The van der Waals surface area contributed by atoms with Gasteiger partial charge >= 0.3 is 0 Å². The normalized spacial score (nSPS) is 17.1. The number of methoxy groups -OCH3 is 1. The number of carbonyl (C=O) groups excluding carboxylic acids is 2. The van der Waals surface area contributed by atoms with Gasteiger partial charge in [-0.25, -0.2) is 0 Å². The minimum atomic E-state index is -0.715. The first-order valence-electron chi connectivity index (χ1n) is 11.2. The molecule has 1 atom stereocenters. The Balaban J connectivity index is 1.59. The molecule has 0 aliphatic carbocycles. The van der Waals surface area contributed by atoms with E-state index in [4.69, 9.17) is 14.2 Å². The number of Topliss-reactive ketones (excluding diaryl/α,β-unsaturated/α-hetero) is 1. The van der Waals surface area contributed by atoms with Crippen molar-refractivity contribution < 1.29 is 28.9 Å². The van der Waals surface area contributed by atoms with Gasteiger partial charge in [0, 0.05) is 10.4 Å². The molecule has 4 rings (SSSR count). The average molecular weight is 494 g/mol. The molecule has 0 saturated carbocycles. The molecular weight excluding hydrogens is 466 g/mol. The number of amides is 1. The van der Waals surface area contributed by atoms with Crippen molar-refractivity contribution >= 4 is 28.8 Å². The predicted molar refractivity (Wildman–Crippen MR) is 134 cm³/mol. The maximum atomic E-state index is 13.1. The molecule has 2 aromatic carbocycles. The van der Waals surface area contributed by atoms with Gasteiger partial charge in [0.15, 0.2) is 0 Å². The fourth-order valence-corrected chi connectivity index (χ4v) is 4.75. The molecule has 2 heterocycles. The zero-order chi connectivity index (χ0) is 24.9. The highest BCUT2D eigenvalue weighted by atomic mass is 32.1. The van der Waals surface area contributed by atoms with Crippen molar-refractivity contribution in [2.24, 2.45) is 0 Å². The van der Waals surface area contributed by atoms with Crippen LogP contribution in [0.15, 0.2) is 71.6 Å². The van der Waals surface area contributed by atoms with Crippen LogP contribution in [0.25, 0.3) is 5.76 Å². The van der Waals surface area contributed by atoms with Crippen molar-refractivity contribution in [1.82, 2.24) is 4.90 Å². The Kier molecular flexibility index (Phi) is 7.41. The summed E-state index contributed by atoms with van der Waals surface area (Å²) in [7, 11) is 1.59. The number of aliphatic hydroxyl groups excluding tert-OH is 1. The van der Waals surface area contributed by atoms with Crippen LogP contribution in [0.3, 0.4) is 0 Å². The number of benzene rings is 2. The molecule has 1 amide bonds. The summed E-state index contributed by atoms with van der Waals surface area (Å²) >= 11 is 1.42. The van der Waals surface area contributed by atoms with Gasteiger partial charge in [-0.2, -0.15) is 0 Å². The number of thiophene rings is 1. The number of hydrogen-bond donors (Lipinski definition) is 1. The summed E-state index contributed by atoms with van der Waals surface area (Å²) < 4.78 is 16.6. The van der Waals surface area contributed by atoms with Crippen LogP contribution in [0, 0.1) is 0 Å². The van der Waals surface area contributed by atoms with Crippen molar-refractivity contribution in [3.05, 3.63) is 82.1 Å². The molecule has 1 fully saturated rings. The van der Waals surface area contributed by atoms with Gasteiger partial charge in [0.1, 0.15) is 29.6 Å². The SMILES string of the molecule is COc1ccc(OCCN2C(=O)C(=O)/C(=C(\O)c3ccc(OC(C)C)cc3)C2c2cccs2)cc1. The molecule has 0 bridgehead atoms. The molecule has 1 aliphatic heterocycles. The second-order valence-electron chi connectivity index (χ2n) is 8.22. The van der Waals surface area contributed by atoms with Gasteiger partial charge in [-0.1, -0.05) is 6.07 Å². The number of aliphatic hydroxyl groups is 1. The highest BCUT2D eigenvalue weighted by Crippen LogP contribution is 2.41. The van der Waals surface area contributed by atoms with Crippen LogP contribution in [0.1, 0.15) is 30.3 Å². The molecule has 1 aliphatic rings. The number of rotatable bonds is 9. The summed E-state index contributed by atoms with van der Waals surface area (Å²) in [5, 5.41) is 13.0. The second kappa shape index (κ2) is 10.7. The van der Waals surface area contributed by atoms with Crippen LogP contribution in [-0.4, -0.2) is 48.1 Å². The van der Waals surface area contributed by atoms with Crippen molar-refractivity contribution in [2.45, 2.75) is 26.0 Å². The fraction of sp³-hybridized carbons (Fsp3) is 0.259. The van der Waals surface area contributed by atoms with E-state index in [1.807, 2.05) is 31.4 Å². The highest BCUT2D eigenvalue weighted by Gasteiger charge is 2.46. The monoisotopic (exact) mass is 493 g/mol. The molecule has 1 N–H and O–H groups in total. The summed E-state index contributed by atoms with van der Waals surface area (Å²) in [6.07, 6.45) is 0.0127. The molecule has 182 valence electrons. The summed E-state index contributed by atoms with van der Waals surface area (Å²) in [6, 6.07) is 16.9. The van der Waals surface area contributed by atoms with Crippen LogP contribution in [-0.2, 0) is 9.59 Å². The van der Waals surface area contributed by atoms with Crippen LogP contribution < -0.4 is 14.2 Å². The lowest BCUT2D eigenvalue weighted by Crippen LogP contribution is -2.33. The number of likely N-dealkylation sites (tertiary alicyclic amines) is 1. The summed E-state index contributed by atoms with van der Waals surface area (Å²) in [4.78, 5) is 28.3. The maximum Gasteiger partial charge on any atom is 0.295 e. The standard InChI is InChI=1S/C27H27NO6S/c1-17(2)34-21-8-6-18(7-9-21)25(29)23-24(22-5-4-16-35-22)28(27(31)26(23)30)14-15-33-20-12-10-19(32-3)11-13-20/h4-13,16-17,24,29H,14-15H2,1-3H3/b25-23-. The molecule has 35 heavy (non-hydrogen) atoms. The fourth-order valence-electron chi connectivity index (χ4n) is 3.91. The number of ketones is 1. The summed E-state index contributed by atoms with van der Waals surface area (Å²) in [5.74, 6) is 0.401. The molecule has 1 aromatic heterocycles. The smallest absolute Gasteiger partial charge is 0.295 e. The first-order valence-corrected chi connectivity index (χ1v) is 12.1. The summed E-state index contributed by atoms with van der Waals surface area (Å²) in [5.41, 5.74) is 0.509. The first kappa shape index (κ1) is 24.3. The Morgan fingerprint density at radius 1 is 1.00 bits per heavy atom. The number of ether oxygens (including phenoxy) is 3. The van der Waals surface area contributed by atoms with E-state index in [1.54, 1.807) is 55.6 Å². The zero-order valence-corrected chi connectivity index (χ0v) is 20.6. The van der Waals surface area contributed by atoms with Crippen LogP contribution in [0.2, 0.25) is 0 Å². The third-order valence-electron chi connectivity index (χ3n) is 5.51. The van der Waals surface area contributed by atoms with Gasteiger partial charge in [0.2, 0.25) is 0 Å². The van der Waals surface area contributed by atoms with E-state index >= 15 is 0 Å². The molecule has 1 unspecified atom stereocenters. The van der Waals surface area contributed by atoms with Crippen molar-refractivity contribution in [3.63, 3.8) is 0 Å². The van der Waals surface area contributed by atoms with E-state index in [0.29, 0.717) is 22.8 Å².